The highest BCUT2D eigenvalue weighted by Crippen LogP contribution is 2.25. The molecular formula is C26H43NO4. The lowest BCUT2D eigenvalue weighted by atomic mass is 9.95. The van der Waals surface area contributed by atoms with Gasteiger partial charge in [-0.1, -0.05) is 71.9 Å². The summed E-state index contributed by atoms with van der Waals surface area (Å²) >= 11 is 0. The van der Waals surface area contributed by atoms with Crippen molar-refractivity contribution in [2.24, 2.45) is 10.9 Å². The summed E-state index contributed by atoms with van der Waals surface area (Å²) in [6.45, 7) is 9.02. The Balaban J connectivity index is 2.69. The first-order chi connectivity index (χ1) is 14.9. The standard InChI is InChI=1S/C26H43NO4/c1-5-8-9-10-11-17-27-18-13-15-22(19-24(29)20(4)6-2)31-26(30)25-21(7-3)14-12-16-23(25)28/h12,14,16,18,20,22,24,28-29H,5-11,13,15,17,19H2,1-4H3. The van der Waals surface area contributed by atoms with Crippen molar-refractivity contribution in [2.75, 3.05) is 6.54 Å². The van der Waals surface area contributed by atoms with Crippen molar-refractivity contribution in [3.63, 3.8) is 0 Å². The molecule has 5 heteroatoms. The molecule has 0 heterocycles. The number of aromatic hydroxyl groups is 1. The van der Waals surface area contributed by atoms with Crippen molar-refractivity contribution < 1.29 is 19.7 Å². The molecule has 3 unspecified atom stereocenters. The lowest BCUT2D eigenvalue weighted by Crippen LogP contribution is -2.28. The highest BCUT2D eigenvalue weighted by Gasteiger charge is 2.24. The van der Waals surface area contributed by atoms with Crippen LogP contribution in [-0.4, -0.2) is 41.1 Å². The maximum absolute atomic E-state index is 12.8. The third kappa shape index (κ3) is 10.3. The molecule has 1 aromatic rings. The van der Waals surface area contributed by atoms with Crippen LogP contribution in [0.1, 0.15) is 101 Å². The number of carbonyl (C=O) groups is 1. The highest BCUT2D eigenvalue weighted by atomic mass is 16.5. The normalized spacial score (nSPS) is 14.5. The fraction of sp³-hybridized carbons (Fsp3) is 0.692. The van der Waals surface area contributed by atoms with E-state index in [4.69, 9.17) is 4.74 Å². The topological polar surface area (TPSA) is 79.1 Å². The Bertz CT molecular complexity index is 659. The van der Waals surface area contributed by atoms with Crippen LogP contribution < -0.4 is 0 Å². The van der Waals surface area contributed by atoms with Crippen molar-refractivity contribution in [2.45, 2.75) is 104 Å². The number of ether oxygens (including phenoxy) is 1. The maximum atomic E-state index is 12.8. The summed E-state index contributed by atoms with van der Waals surface area (Å²) in [5.74, 6) is -0.450. The van der Waals surface area contributed by atoms with Gasteiger partial charge in [0.1, 0.15) is 17.4 Å². The zero-order valence-electron chi connectivity index (χ0n) is 20.0. The van der Waals surface area contributed by atoms with Crippen LogP contribution >= 0.6 is 0 Å². The van der Waals surface area contributed by atoms with Gasteiger partial charge >= 0.3 is 5.97 Å². The molecule has 5 nitrogen and oxygen atoms in total. The van der Waals surface area contributed by atoms with E-state index in [0.717, 1.165) is 24.9 Å². The number of phenols is 1. The molecule has 0 amide bonds. The number of unbranched alkanes of at least 4 members (excludes halogenated alkanes) is 4. The van der Waals surface area contributed by atoms with E-state index in [-0.39, 0.29) is 17.2 Å². The van der Waals surface area contributed by atoms with Gasteiger partial charge in [0.05, 0.1) is 6.10 Å². The second-order valence-electron chi connectivity index (χ2n) is 8.46. The first-order valence-electron chi connectivity index (χ1n) is 12.1. The number of aliphatic hydroxyl groups excluding tert-OH is 1. The van der Waals surface area contributed by atoms with Gasteiger partial charge in [-0.2, -0.15) is 0 Å². The second-order valence-corrected chi connectivity index (χ2v) is 8.46. The van der Waals surface area contributed by atoms with Crippen LogP contribution in [-0.2, 0) is 11.2 Å². The average Bonchev–Trinajstić information content (AvgIpc) is 2.76. The van der Waals surface area contributed by atoms with Crippen LogP contribution in [0.4, 0.5) is 0 Å². The molecule has 0 fully saturated rings. The molecule has 1 rings (SSSR count). The van der Waals surface area contributed by atoms with Gasteiger partial charge in [-0.15, -0.1) is 0 Å². The van der Waals surface area contributed by atoms with E-state index in [9.17, 15) is 15.0 Å². The Morgan fingerprint density at radius 2 is 1.90 bits per heavy atom. The zero-order chi connectivity index (χ0) is 23.1. The molecule has 31 heavy (non-hydrogen) atoms. The van der Waals surface area contributed by atoms with Crippen molar-refractivity contribution in [3.8, 4) is 5.75 Å². The first kappa shape index (κ1) is 27.2. The Hall–Kier alpha value is -1.88. The number of rotatable bonds is 16. The average molecular weight is 434 g/mol. The van der Waals surface area contributed by atoms with Gasteiger partial charge in [-0.25, -0.2) is 4.79 Å². The Kier molecular flexibility index (Phi) is 13.9. The number of hydrogen-bond acceptors (Lipinski definition) is 5. The summed E-state index contributed by atoms with van der Waals surface area (Å²) in [6.07, 6.45) is 10.3. The Morgan fingerprint density at radius 3 is 2.58 bits per heavy atom. The van der Waals surface area contributed by atoms with Gasteiger partial charge in [0.15, 0.2) is 0 Å². The zero-order valence-corrected chi connectivity index (χ0v) is 20.0. The van der Waals surface area contributed by atoms with Crippen LogP contribution in [0.5, 0.6) is 5.75 Å². The summed E-state index contributed by atoms with van der Waals surface area (Å²) < 4.78 is 5.78. The first-order valence-corrected chi connectivity index (χ1v) is 12.1. The molecule has 0 aromatic heterocycles. The minimum absolute atomic E-state index is 0.0600. The molecule has 0 spiro atoms. The maximum Gasteiger partial charge on any atom is 0.342 e. The molecule has 1 aromatic carbocycles. The van der Waals surface area contributed by atoms with Crippen molar-refractivity contribution in [3.05, 3.63) is 29.3 Å². The van der Waals surface area contributed by atoms with Gasteiger partial charge in [-0.3, -0.25) is 4.99 Å². The summed E-state index contributed by atoms with van der Waals surface area (Å²) in [6, 6.07) is 5.06. The Labute approximate surface area is 188 Å². The van der Waals surface area contributed by atoms with Gasteiger partial charge in [0.25, 0.3) is 0 Å². The summed E-state index contributed by atoms with van der Waals surface area (Å²) in [4.78, 5) is 17.3. The molecule has 3 atom stereocenters. The van der Waals surface area contributed by atoms with Crippen LogP contribution in [0, 0.1) is 5.92 Å². The van der Waals surface area contributed by atoms with Crippen LogP contribution in [0.2, 0.25) is 0 Å². The van der Waals surface area contributed by atoms with E-state index < -0.39 is 18.2 Å². The van der Waals surface area contributed by atoms with Gasteiger partial charge < -0.3 is 14.9 Å². The highest BCUT2D eigenvalue weighted by molar-refractivity contribution is 5.94. The minimum Gasteiger partial charge on any atom is -0.507 e. The van der Waals surface area contributed by atoms with E-state index in [1.54, 1.807) is 6.07 Å². The lowest BCUT2D eigenvalue weighted by molar-refractivity contribution is 0.00356. The molecule has 0 aliphatic heterocycles. The quantitative estimate of drug-likeness (QED) is 0.188. The fourth-order valence-electron chi connectivity index (χ4n) is 3.58. The van der Waals surface area contributed by atoms with Gasteiger partial charge in [0.2, 0.25) is 0 Å². The van der Waals surface area contributed by atoms with Crippen molar-refractivity contribution >= 4 is 12.2 Å². The number of esters is 1. The molecule has 0 saturated carbocycles. The molecule has 0 bridgehead atoms. The fourth-order valence-corrected chi connectivity index (χ4v) is 3.58. The minimum atomic E-state index is -0.534. The molecule has 2 N–H and O–H groups in total. The predicted molar refractivity (Wildman–Crippen MR) is 128 cm³/mol. The van der Waals surface area contributed by atoms with E-state index in [2.05, 4.69) is 11.9 Å². The molecule has 0 radical (unpaired) electrons. The molecule has 176 valence electrons. The van der Waals surface area contributed by atoms with Gasteiger partial charge in [0, 0.05) is 13.0 Å². The predicted octanol–water partition coefficient (Wildman–Crippen LogP) is 6.10. The van der Waals surface area contributed by atoms with E-state index in [1.807, 2.05) is 33.1 Å². The number of hydrogen-bond donors (Lipinski definition) is 2. The SMILES string of the molecule is CCCCCCCN=CCCC(CC(O)C(C)CC)OC(=O)c1c(O)cccc1CC. The summed E-state index contributed by atoms with van der Waals surface area (Å²) in [7, 11) is 0. The summed E-state index contributed by atoms with van der Waals surface area (Å²) in [5, 5.41) is 20.7. The molecule has 0 saturated heterocycles. The van der Waals surface area contributed by atoms with E-state index in [1.165, 1.54) is 31.7 Å². The molecular weight excluding hydrogens is 390 g/mol. The largest absolute Gasteiger partial charge is 0.507 e. The number of benzene rings is 1. The van der Waals surface area contributed by atoms with Crippen LogP contribution in [0.25, 0.3) is 0 Å². The molecule has 0 aliphatic carbocycles. The number of nitrogens with zero attached hydrogens (tertiary/aromatic N) is 1. The van der Waals surface area contributed by atoms with Crippen molar-refractivity contribution in [1.82, 2.24) is 0 Å². The third-order valence-corrected chi connectivity index (χ3v) is 5.93. The number of aliphatic imine (C=N–C) groups is 1. The molecule has 0 aliphatic rings. The number of phenolic OH excluding ortho intramolecular Hbond substituents is 1. The number of aryl methyl sites for hydroxylation is 1. The smallest absolute Gasteiger partial charge is 0.342 e. The van der Waals surface area contributed by atoms with E-state index in [0.29, 0.717) is 25.7 Å². The Morgan fingerprint density at radius 1 is 1.16 bits per heavy atom. The lowest BCUT2D eigenvalue weighted by Gasteiger charge is -2.24. The van der Waals surface area contributed by atoms with E-state index >= 15 is 0 Å². The van der Waals surface area contributed by atoms with Gasteiger partial charge in [-0.05, 0) is 49.4 Å². The third-order valence-electron chi connectivity index (χ3n) is 5.93. The van der Waals surface area contributed by atoms with Crippen LogP contribution in [0.15, 0.2) is 23.2 Å². The summed E-state index contributed by atoms with van der Waals surface area (Å²) in [5.41, 5.74) is 0.990. The monoisotopic (exact) mass is 433 g/mol. The number of aliphatic hydroxyl groups is 1. The number of carbonyl (C=O) groups excluding carboxylic acids is 1. The van der Waals surface area contributed by atoms with Crippen molar-refractivity contribution in [1.29, 1.82) is 0 Å². The van der Waals surface area contributed by atoms with Crippen LogP contribution in [0.3, 0.4) is 0 Å². The second kappa shape index (κ2) is 15.9.